The number of aromatic nitrogens is 4. The van der Waals surface area contributed by atoms with Crippen molar-refractivity contribution in [1.29, 1.82) is 0 Å². The molecule has 1 aliphatic carbocycles. The van der Waals surface area contributed by atoms with Crippen LogP contribution in [0.3, 0.4) is 0 Å². The Hall–Kier alpha value is -2.30. The van der Waals surface area contributed by atoms with Gasteiger partial charge in [-0.15, -0.1) is 16.4 Å². The van der Waals surface area contributed by atoms with Gasteiger partial charge in [-0.2, -0.15) is 9.90 Å². The summed E-state index contributed by atoms with van der Waals surface area (Å²) in [5, 5.41) is 12.1. The van der Waals surface area contributed by atoms with Crippen LogP contribution in [0.1, 0.15) is 45.6 Å². The molecule has 2 unspecified atom stereocenters. The first-order chi connectivity index (χ1) is 14.9. The molecular weight excluding hydrogens is 434 g/mol. The van der Waals surface area contributed by atoms with E-state index in [1.54, 1.807) is 18.1 Å². The van der Waals surface area contributed by atoms with Crippen LogP contribution in [0.15, 0.2) is 35.8 Å². The summed E-state index contributed by atoms with van der Waals surface area (Å²) in [6.45, 7) is 3.96. The minimum atomic E-state index is -3.18. The number of nitrogens with zero attached hydrogens (tertiary/aromatic N) is 4. The van der Waals surface area contributed by atoms with Crippen molar-refractivity contribution in [2.75, 3.05) is 7.11 Å². The Morgan fingerprint density at radius 2 is 1.87 bits per heavy atom. The Morgan fingerprint density at radius 1 is 1.16 bits per heavy atom. The molecule has 1 fully saturated rings. The van der Waals surface area contributed by atoms with Crippen LogP contribution in [-0.4, -0.2) is 46.8 Å². The summed E-state index contributed by atoms with van der Waals surface area (Å²) in [4.78, 5) is 6.14. The molecule has 8 nitrogen and oxygen atoms in total. The molecule has 0 amide bonds. The number of thiazole rings is 1. The zero-order chi connectivity index (χ0) is 22.0. The molecule has 2 heterocycles. The van der Waals surface area contributed by atoms with Gasteiger partial charge in [-0.25, -0.2) is 18.1 Å². The van der Waals surface area contributed by atoms with E-state index in [9.17, 15) is 8.42 Å². The van der Waals surface area contributed by atoms with E-state index in [4.69, 9.17) is 14.9 Å². The Balaban J connectivity index is 1.51. The molecule has 0 spiro atoms. The largest absolute Gasteiger partial charge is 0.497 e. The lowest BCUT2D eigenvalue weighted by Gasteiger charge is -2.16. The minimum absolute atomic E-state index is 0.0126. The standard InChI is InChI=1S/C21H27N5O3S2/c1-14(25-31(27,28)18-10-11-18)4-5-15(2)26-23-19(16-6-8-17(29-3)9-7-16)20(24-26)21-22-12-13-30-21/h6-9,12-15,18,25H,4-5,10-11H2,1-3H3. The predicted molar refractivity (Wildman–Crippen MR) is 122 cm³/mol. The van der Waals surface area contributed by atoms with E-state index in [1.165, 1.54) is 11.3 Å². The number of ether oxygens (including phenoxy) is 1. The second-order valence-corrected chi connectivity index (χ2v) is 10.9. The molecule has 0 radical (unpaired) electrons. The summed E-state index contributed by atoms with van der Waals surface area (Å²) < 4.78 is 32.3. The average Bonchev–Trinajstić information content (AvgIpc) is 3.32. The molecule has 4 rings (SSSR count). The van der Waals surface area contributed by atoms with Gasteiger partial charge in [0.25, 0.3) is 0 Å². The lowest BCUT2D eigenvalue weighted by molar-refractivity contribution is 0.384. The smallest absolute Gasteiger partial charge is 0.214 e. The van der Waals surface area contributed by atoms with E-state index in [-0.39, 0.29) is 17.3 Å². The van der Waals surface area contributed by atoms with E-state index in [0.717, 1.165) is 47.0 Å². The molecule has 2 atom stereocenters. The molecule has 1 N–H and O–H groups in total. The van der Waals surface area contributed by atoms with Gasteiger partial charge in [-0.05, 0) is 63.8 Å². The van der Waals surface area contributed by atoms with Crippen LogP contribution in [-0.2, 0) is 10.0 Å². The normalized spacial score (nSPS) is 16.2. The molecule has 1 aromatic carbocycles. The molecule has 166 valence electrons. The van der Waals surface area contributed by atoms with Crippen LogP contribution in [0.4, 0.5) is 0 Å². The molecule has 0 saturated heterocycles. The van der Waals surface area contributed by atoms with Gasteiger partial charge < -0.3 is 4.74 Å². The van der Waals surface area contributed by atoms with Gasteiger partial charge in [-0.1, -0.05) is 0 Å². The number of nitrogens with one attached hydrogen (secondary N) is 1. The Labute approximate surface area is 186 Å². The fourth-order valence-corrected chi connectivity index (χ4v) is 5.62. The Kier molecular flexibility index (Phi) is 6.40. The highest BCUT2D eigenvalue weighted by molar-refractivity contribution is 7.90. The predicted octanol–water partition coefficient (Wildman–Crippen LogP) is 3.89. The summed E-state index contributed by atoms with van der Waals surface area (Å²) >= 11 is 1.52. The first-order valence-electron chi connectivity index (χ1n) is 10.4. The molecular formula is C21H27N5O3S2. The monoisotopic (exact) mass is 461 g/mol. The molecule has 0 bridgehead atoms. The Bertz CT molecular complexity index is 1110. The van der Waals surface area contributed by atoms with Crippen molar-refractivity contribution in [3.05, 3.63) is 35.8 Å². The van der Waals surface area contributed by atoms with E-state index >= 15 is 0 Å². The molecule has 0 aliphatic heterocycles. The average molecular weight is 462 g/mol. The van der Waals surface area contributed by atoms with Gasteiger partial charge in [0.1, 0.15) is 22.1 Å². The molecule has 2 aromatic heterocycles. The van der Waals surface area contributed by atoms with Crippen LogP contribution in [0.25, 0.3) is 22.0 Å². The quantitative estimate of drug-likeness (QED) is 0.492. The van der Waals surface area contributed by atoms with Crippen molar-refractivity contribution >= 4 is 21.4 Å². The summed E-state index contributed by atoms with van der Waals surface area (Å²) in [5.74, 6) is 0.781. The number of sulfonamides is 1. The number of hydrogen-bond donors (Lipinski definition) is 1. The minimum Gasteiger partial charge on any atom is -0.497 e. The first kappa shape index (κ1) is 21.9. The number of methoxy groups -OCH3 is 1. The zero-order valence-electron chi connectivity index (χ0n) is 17.9. The highest BCUT2D eigenvalue weighted by atomic mass is 32.2. The summed E-state index contributed by atoms with van der Waals surface area (Å²) in [6.07, 6.45) is 4.75. The van der Waals surface area contributed by atoms with Gasteiger partial charge in [0.05, 0.1) is 18.4 Å². The first-order valence-corrected chi connectivity index (χ1v) is 12.8. The second kappa shape index (κ2) is 9.05. The van der Waals surface area contributed by atoms with E-state index in [1.807, 2.05) is 43.5 Å². The second-order valence-electron chi connectivity index (χ2n) is 7.97. The fourth-order valence-electron chi connectivity index (χ4n) is 3.37. The summed E-state index contributed by atoms with van der Waals surface area (Å²) in [5.41, 5.74) is 2.46. The van der Waals surface area contributed by atoms with Crippen LogP contribution in [0, 0.1) is 0 Å². The molecule has 1 saturated carbocycles. The van der Waals surface area contributed by atoms with Crippen molar-refractivity contribution in [1.82, 2.24) is 24.7 Å². The number of benzene rings is 1. The Morgan fingerprint density at radius 3 is 2.48 bits per heavy atom. The van der Waals surface area contributed by atoms with E-state index in [2.05, 4.69) is 9.71 Å². The van der Waals surface area contributed by atoms with Crippen LogP contribution in [0.5, 0.6) is 5.75 Å². The maximum Gasteiger partial charge on any atom is 0.214 e. The fraction of sp³-hybridized carbons (Fsp3) is 0.476. The lowest BCUT2D eigenvalue weighted by atomic mass is 10.1. The zero-order valence-corrected chi connectivity index (χ0v) is 19.5. The van der Waals surface area contributed by atoms with Crippen LogP contribution < -0.4 is 9.46 Å². The number of rotatable bonds is 10. The van der Waals surface area contributed by atoms with E-state index in [0.29, 0.717) is 6.42 Å². The van der Waals surface area contributed by atoms with Crippen LogP contribution >= 0.6 is 11.3 Å². The van der Waals surface area contributed by atoms with E-state index < -0.39 is 10.0 Å². The summed E-state index contributed by atoms with van der Waals surface area (Å²) in [7, 11) is -1.54. The van der Waals surface area contributed by atoms with Crippen molar-refractivity contribution in [3.8, 4) is 27.7 Å². The summed E-state index contributed by atoms with van der Waals surface area (Å²) in [6, 6.07) is 7.61. The van der Waals surface area contributed by atoms with Gasteiger partial charge in [0.2, 0.25) is 10.0 Å². The molecule has 1 aliphatic rings. The van der Waals surface area contributed by atoms with Crippen molar-refractivity contribution in [2.24, 2.45) is 0 Å². The van der Waals surface area contributed by atoms with Gasteiger partial charge in [-0.3, -0.25) is 0 Å². The third-order valence-electron chi connectivity index (χ3n) is 5.37. The van der Waals surface area contributed by atoms with Gasteiger partial charge in [0.15, 0.2) is 0 Å². The topological polar surface area (TPSA) is 99.0 Å². The third-order valence-corrected chi connectivity index (χ3v) is 8.23. The van der Waals surface area contributed by atoms with Crippen molar-refractivity contribution in [2.45, 2.75) is 56.9 Å². The lowest BCUT2D eigenvalue weighted by Crippen LogP contribution is -2.35. The number of hydrogen-bond acceptors (Lipinski definition) is 7. The van der Waals surface area contributed by atoms with Gasteiger partial charge in [0, 0.05) is 23.2 Å². The third kappa shape index (κ3) is 5.13. The van der Waals surface area contributed by atoms with Crippen molar-refractivity contribution < 1.29 is 13.2 Å². The molecule has 10 heteroatoms. The van der Waals surface area contributed by atoms with Crippen LogP contribution in [0.2, 0.25) is 0 Å². The SMILES string of the molecule is COc1ccc(-c2nn(C(C)CCC(C)NS(=O)(=O)C3CC3)nc2-c2nccs2)cc1. The highest BCUT2D eigenvalue weighted by Gasteiger charge is 2.36. The highest BCUT2D eigenvalue weighted by Crippen LogP contribution is 2.32. The maximum absolute atomic E-state index is 12.1. The van der Waals surface area contributed by atoms with Gasteiger partial charge >= 0.3 is 0 Å². The maximum atomic E-state index is 12.1. The molecule has 31 heavy (non-hydrogen) atoms. The van der Waals surface area contributed by atoms with Crippen molar-refractivity contribution in [3.63, 3.8) is 0 Å². The molecule has 3 aromatic rings.